The van der Waals surface area contributed by atoms with Crippen LogP contribution >= 0.6 is 23.2 Å². The van der Waals surface area contributed by atoms with E-state index in [4.69, 9.17) is 23.2 Å². The van der Waals surface area contributed by atoms with Crippen molar-refractivity contribution in [1.29, 1.82) is 0 Å². The normalized spacial score (nSPS) is 12.6. The van der Waals surface area contributed by atoms with E-state index < -0.39 is 0 Å². The topological polar surface area (TPSA) is 12.0 Å². The number of halogens is 2. The van der Waals surface area contributed by atoms with Gasteiger partial charge in [0.1, 0.15) is 0 Å². The lowest BCUT2D eigenvalue weighted by Crippen LogP contribution is -2.22. The quantitative estimate of drug-likeness (QED) is 0.701. The van der Waals surface area contributed by atoms with Crippen molar-refractivity contribution < 1.29 is 0 Å². The second-order valence-corrected chi connectivity index (χ2v) is 6.49. The lowest BCUT2D eigenvalue weighted by atomic mass is 9.97. The van der Waals surface area contributed by atoms with Crippen LogP contribution in [0, 0.1) is 5.92 Å². The molecule has 0 fully saturated rings. The second kappa shape index (κ2) is 7.84. The van der Waals surface area contributed by atoms with Gasteiger partial charge in [0.25, 0.3) is 0 Å². The fourth-order valence-electron chi connectivity index (χ4n) is 2.42. The van der Waals surface area contributed by atoms with E-state index in [1.807, 2.05) is 24.3 Å². The summed E-state index contributed by atoms with van der Waals surface area (Å²) in [7, 11) is 0. The molecule has 1 N–H and O–H groups in total. The Hall–Kier alpha value is -1.02. The SMILES string of the molecule is CC(C)CC(NCc1c(Cl)cccc1Cl)c1ccccc1. The van der Waals surface area contributed by atoms with Crippen molar-refractivity contribution in [2.45, 2.75) is 32.9 Å². The van der Waals surface area contributed by atoms with Crippen LogP contribution in [0.3, 0.4) is 0 Å². The van der Waals surface area contributed by atoms with Crippen molar-refractivity contribution >= 4 is 23.2 Å². The maximum absolute atomic E-state index is 6.24. The van der Waals surface area contributed by atoms with Gasteiger partial charge in [-0.2, -0.15) is 0 Å². The van der Waals surface area contributed by atoms with Crippen LogP contribution in [0.4, 0.5) is 0 Å². The van der Waals surface area contributed by atoms with Crippen LogP contribution in [0.1, 0.15) is 37.4 Å². The minimum Gasteiger partial charge on any atom is -0.306 e. The number of benzene rings is 2. The molecule has 0 radical (unpaired) electrons. The molecule has 1 unspecified atom stereocenters. The van der Waals surface area contributed by atoms with E-state index in [0.29, 0.717) is 28.5 Å². The zero-order valence-corrected chi connectivity index (χ0v) is 14.0. The molecule has 0 heterocycles. The summed E-state index contributed by atoms with van der Waals surface area (Å²) in [6, 6.07) is 16.5. The van der Waals surface area contributed by atoms with E-state index in [0.717, 1.165) is 12.0 Å². The average molecular weight is 322 g/mol. The van der Waals surface area contributed by atoms with Crippen LogP contribution in [-0.2, 0) is 6.54 Å². The van der Waals surface area contributed by atoms with Gasteiger partial charge in [-0.3, -0.25) is 0 Å². The number of hydrogen-bond acceptors (Lipinski definition) is 1. The Balaban J connectivity index is 2.13. The van der Waals surface area contributed by atoms with Crippen LogP contribution in [0.5, 0.6) is 0 Å². The van der Waals surface area contributed by atoms with Gasteiger partial charge in [0.05, 0.1) is 0 Å². The van der Waals surface area contributed by atoms with Crippen LogP contribution in [0.2, 0.25) is 10.0 Å². The first-order valence-corrected chi connectivity index (χ1v) is 8.04. The predicted molar refractivity (Wildman–Crippen MR) is 91.9 cm³/mol. The minimum atomic E-state index is 0.304. The summed E-state index contributed by atoms with van der Waals surface area (Å²) in [6.07, 6.45) is 1.08. The van der Waals surface area contributed by atoms with Crippen molar-refractivity contribution in [3.05, 3.63) is 69.7 Å². The predicted octanol–water partition coefficient (Wildman–Crippen LogP) is 5.87. The van der Waals surface area contributed by atoms with Crippen LogP contribution in [-0.4, -0.2) is 0 Å². The third-order valence-electron chi connectivity index (χ3n) is 3.50. The van der Waals surface area contributed by atoms with Crippen molar-refractivity contribution in [1.82, 2.24) is 5.32 Å². The maximum atomic E-state index is 6.24. The van der Waals surface area contributed by atoms with Gasteiger partial charge in [0.15, 0.2) is 0 Å². The molecule has 0 saturated carbocycles. The molecule has 3 heteroatoms. The Morgan fingerprint density at radius 2 is 1.52 bits per heavy atom. The van der Waals surface area contributed by atoms with Gasteiger partial charge < -0.3 is 5.32 Å². The number of hydrogen-bond donors (Lipinski definition) is 1. The Morgan fingerprint density at radius 1 is 0.905 bits per heavy atom. The molecule has 1 atom stereocenters. The molecule has 0 aliphatic heterocycles. The molecule has 0 aliphatic carbocycles. The van der Waals surface area contributed by atoms with Crippen molar-refractivity contribution in [3.8, 4) is 0 Å². The zero-order chi connectivity index (χ0) is 15.2. The second-order valence-electron chi connectivity index (χ2n) is 5.67. The highest BCUT2D eigenvalue weighted by Crippen LogP contribution is 2.26. The molecule has 2 aromatic carbocycles. The van der Waals surface area contributed by atoms with Crippen LogP contribution in [0.15, 0.2) is 48.5 Å². The third kappa shape index (κ3) is 4.74. The van der Waals surface area contributed by atoms with E-state index in [9.17, 15) is 0 Å². The molecule has 0 spiro atoms. The summed E-state index contributed by atoms with van der Waals surface area (Å²) in [6.45, 7) is 5.14. The third-order valence-corrected chi connectivity index (χ3v) is 4.20. The molecule has 21 heavy (non-hydrogen) atoms. The first kappa shape index (κ1) is 16.4. The van der Waals surface area contributed by atoms with E-state index in [1.54, 1.807) is 0 Å². The van der Waals surface area contributed by atoms with E-state index in [2.05, 4.69) is 43.4 Å². The van der Waals surface area contributed by atoms with Gasteiger partial charge in [-0.15, -0.1) is 0 Å². The summed E-state index contributed by atoms with van der Waals surface area (Å²) in [4.78, 5) is 0. The Kier molecular flexibility index (Phi) is 6.10. The molecule has 0 saturated heterocycles. The molecule has 2 rings (SSSR count). The lowest BCUT2D eigenvalue weighted by Gasteiger charge is -2.22. The van der Waals surface area contributed by atoms with Crippen LogP contribution in [0.25, 0.3) is 0 Å². The van der Waals surface area contributed by atoms with Gasteiger partial charge in [0, 0.05) is 28.2 Å². The molecule has 2 aromatic rings. The van der Waals surface area contributed by atoms with Gasteiger partial charge in [-0.25, -0.2) is 0 Å². The van der Waals surface area contributed by atoms with Gasteiger partial charge in [-0.05, 0) is 30.0 Å². The number of rotatable bonds is 6. The molecule has 0 bridgehead atoms. The molecule has 112 valence electrons. The average Bonchev–Trinajstić information content (AvgIpc) is 2.46. The maximum Gasteiger partial charge on any atom is 0.0465 e. The van der Waals surface area contributed by atoms with Crippen molar-refractivity contribution in [2.24, 2.45) is 5.92 Å². The fourth-order valence-corrected chi connectivity index (χ4v) is 2.95. The Labute approximate surface area is 137 Å². The summed E-state index contributed by atoms with van der Waals surface area (Å²) < 4.78 is 0. The summed E-state index contributed by atoms with van der Waals surface area (Å²) in [5, 5.41) is 5.02. The highest BCUT2D eigenvalue weighted by Gasteiger charge is 2.14. The number of nitrogens with one attached hydrogen (secondary N) is 1. The van der Waals surface area contributed by atoms with E-state index in [-0.39, 0.29) is 0 Å². The Bertz CT molecular complexity index is 546. The standard InChI is InChI=1S/C18H21Cl2N/c1-13(2)11-18(14-7-4-3-5-8-14)21-12-15-16(19)9-6-10-17(15)20/h3-10,13,18,21H,11-12H2,1-2H3. The highest BCUT2D eigenvalue weighted by molar-refractivity contribution is 6.35. The summed E-state index contributed by atoms with van der Waals surface area (Å²) in [5.74, 6) is 0.615. The minimum absolute atomic E-state index is 0.304. The molecule has 0 aromatic heterocycles. The Morgan fingerprint density at radius 3 is 2.10 bits per heavy atom. The summed E-state index contributed by atoms with van der Waals surface area (Å²) >= 11 is 12.5. The summed E-state index contributed by atoms with van der Waals surface area (Å²) in [5.41, 5.74) is 2.26. The van der Waals surface area contributed by atoms with Gasteiger partial charge in [0.2, 0.25) is 0 Å². The van der Waals surface area contributed by atoms with Crippen molar-refractivity contribution in [2.75, 3.05) is 0 Å². The van der Waals surface area contributed by atoms with E-state index in [1.165, 1.54) is 5.56 Å². The fraction of sp³-hybridized carbons (Fsp3) is 0.333. The van der Waals surface area contributed by atoms with Gasteiger partial charge in [-0.1, -0.05) is 73.4 Å². The molecule has 1 nitrogen and oxygen atoms in total. The van der Waals surface area contributed by atoms with Crippen molar-refractivity contribution in [3.63, 3.8) is 0 Å². The van der Waals surface area contributed by atoms with Crippen LogP contribution < -0.4 is 5.32 Å². The van der Waals surface area contributed by atoms with Gasteiger partial charge >= 0.3 is 0 Å². The first-order chi connectivity index (χ1) is 10.1. The largest absolute Gasteiger partial charge is 0.306 e. The zero-order valence-electron chi connectivity index (χ0n) is 12.4. The molecule has 0 aliphatic rings. The first-order valence-electron chi connectivity index (χ1n) is 7.29. The molecule has 0 amide bonds. The lowest BCUT2D eigenvalue weighted by molar-refractivity contribution is 0.428. The highest BCUT2D eigenvalue weighted by atomic mass is 35.5. The monoisotopic (exact) mass is 321 g/mol. The smallest absolute Gasteiger partial charge is 0.0465 e. The molecular weight excluding hydrogens is 301 g/mol. The molecular formula is C18H21Cl2N. The van der Waals surface area contributed by atoms with E-state index >= 15 is 0 Å².